The van der Waals surface area contributed by atoms with Crippen LogP contribution in [0.3, 0.4) is 0 Å². The van der Waals surface area contributed by atoms with Crippen LogP contribution in [0.25, 0.3) is 17.2 Å². The van der Waals surface area contributed by atoms with E-state index in [1.54, 1.807) is 0 Å². The lowest BCUT2D eigenvalue weighted by Crippen LogP contribution is -2.11. The van der Waals surface area contributed by atoms with Crippen LogP contribution in [0, 0.1) is 0 Å². The highest BCUT2D eigenvalue weighted by molar-refractivity contribution is 6.72. The third-order valence-corrected chi connectivity index (χ3v) is 4.57. The number of aromatic amines is 1. The molecule has 0 fully saturated rings. The first-order valence-corrected chi connectivity index (χ1v) is 11.0. The molecule has 0 bridgehead atoms. The Kier molecular flexibility index (Phi) is 9.03. The minimum atomic E-state index is -0.722. The van der Waals surface area contributed by atoms with Crippen molar-refractivity contribution in [2.45, 2.75) is 6.42 Å². The van der Waals surface area contributed by atoms with Crippen LogP contribution >= 0.6 is 23.2 Å². The number of carbonyl (C=O) groups is 2. The number of aliphatic imine (C=N–C) groups is 2. The number of amidine groups is 2. The third kappa shape index (κ3) is 7.58. The van der Waals surface area contributed by atoms with Gasteiger partial charge in [-0.15, -0.1) is 5.10 Å². The van der Waals surface area contributed by atoms with E-state index in [-0.39, 0.29) is 18.1 Å². The average molecular weight is 528 g/mol. The number of fused-ring (bicyclic) bond motifs is 1. The van der Waals surface area contributed by atoms with Crippen molar-refractivity contribution in [1.82, 2.24) is 19.6 Å². The maximum atomic E-state index is 11.2. The van der Waals surface area contributed by atoms with Crippen molar-refractivity contribution in [3.8, 4) is 17.3 Å². The highest BCUT2D eigenvalue weighted by atomic mass is 35.5. The number of nitrogens with one attached hydrogen (secondary N) is 1. The van der Waals surface area contributed by atoms with Crippen molar-refractivity contribution in [2.75, 3.05) is 6.54 Å². The predicted octanol–water partition coefficient (Wildman–Crippen LogP) is 2.50. The van der Waals surface area contributed by atoms with E-state index in [0.29, 0.717) is 18.2 Å². The van der Waals surface area contributed by atoms with Crippen LogP contribution in [0.15, 0.2) is 81.5 Å². The number of H-pyrrole nitrogens is 1. The molecule has 1 aliphatic heterocycles. The maximum absolute atomic E-state index is 11.2. The monoisotopic (exact) mass is 527 g/mol. The summed E-state index contributed by atoms with van der Waals surface area (Å²) in [7, 11) is 0. The smallest absolute Gasteiger partial charge is 0.256 e. The van der Waals surface area contributed by atoms with Crippen molar-refractivity contribution in [2.24, 2.45) is 15.7 Å². The van der Waals surface area contributed by atoms with Gasteiger partial charge in [0.25, 0.3) is 5.56 Å². The van der Waals surface area contributed by atoms with Gasteiger partial charge >= 0.3 is 0 Å². The number of hydrogen-bond acceptors (Lipinski definition) is 9. The summed E-state index contributed by atoms with van der Waals surface area (Å²) in [5.74, 6) is 1.76. The van der Waals surface area contributed by atoms with Crippen LogP contribution in [0.2, 0.25) is 0 Å². The molecule has 184 valence electrons. The Morgan fingerprint density at radius 3 is 2.08 bits per heavy atom. The fourth-order valence-electron chi connectivity index (χ4n) is 2.80. The molecule has 0 radical (unpaired) electrons. The van der Waals surface area contributed by atoms with Crippen LogP contribution in [0.1, 0.15) is 12.0 Å². The summed E-state index contributed by atoms with van der Waals surface area (Å²) in [5.41, 5.74) is 6.93. The summed E-state index contributed by atoms with van der Waals surface area (Å²) in [4.78, 5) is 45.5. The Hall–Kier alpha value is -4.35. The van der Waals surface area contributed by atoms with Crippen molar-refractivity contribution in [1.29, 1.82) is 0 Å². The van der Waals surface area contributed by atoms with Gasteiger partial charge in [0.05, 0.1) is 19.0 Å². The molecule has 3 heterocycles. The van der Waals surface area contributed by atoms with Crippen molar-refractivity contribution in [3.63, 3.8) is 0 Å². The van der Waals surface area contributed by atoms with E-state index in [2.05, 4.69) is 25.1 Å². The normalized spacial score (nSPS) is 11.9. The van der Waals surface area contributed by atoms with Gasteiger partial charge < -0.3 is 10.8 Å². The van der Waals surface area contributed by atoms with Crippen LogP contribution in [-0.2, 0) is 9.59 Å². The van der Waals surface area contributed by atoms with E-state index >= 15 is 0 Å². The van der Waals surface area contributed by atoms with E-state index < -0.39 is 16.0 Å². The van der Waals surface area contributed by atoms with Crippen molar-refractivity contribution >= 4 is 51.1 Å². The third-order valence-electron chi connectivity index (χ3n) is 4.30. The Morgan fingerprint density at radius 1 is 1.00 bits per heavy atom. The van der Waals surface area contributed by atoms with Crippen LogP contribution in [0.4, 0.5) is 0 Å². The molecule has 2 aromatic carbocycles. The molecule has 36 heavy (non-hydrogen) atoms. The maximum Gasteiger partial charge on any atom is 0.256 e. The lowest BCUT2D eigenvalue weighted by Gasteiger charge is -1.94. The number of rotatable bonds is 4. The zero-order valence-corrected chi connectivity index (χ0v) is 20.0. The molecule has 0 amide bonds. The molecule has 1 aliphatic rings. The number of hydrogen-bond donors (Lipinski definition) is 3. The van der Waals surface area contributed by atoms with Gasteiger partial charge in [-0.05, 0) is 23.2 Å². The van der Waals surface area contributed by atoms with E-state index in [1.165, 1.54) is 4.52 Å². The Balaban J connectivity index is 0.000000166. The highest BCUT2D eigenvalue weighted by Gasteiger charge is 2.10. The lowest BCUT2D eigenvalue weighted by atomic mass is 10.2. The lowest BCUT2D eigenvalue weighted by molar-refractivity contribution is -0.118. The molecule has 0 unspecified atom stereocenters. The second-order valence-electron chi connectivity index (χ2n) is 7.02. The van der Waals surface area contributed by atoms with E-state index in [1.807, 2.05) is 60.7 Å². The minimum absolute atomic E-state index is 0.217. The van der Waals surface area contributed by atoms with Crippen molar-refractivity contribution in [3.05, 3.63) is 82.6 Å². The number of aromatic hydroxyl groups is 1. The number of halogens is 2. The molecule has 11 nitrogen and oxygen atoms in total. The molecule has 4 aromatic rings. The zero-order chi connectivity index (χ0) is 26.1. The van der Waals surface area contributed by atoms with Crippen LogP contribution in [0.5, 0.6) is 5.88 Å². The van der Waals surface area contributed by atoms with Crippen LogP contribution < -0.4 is 11.3 Å². The zero-order valence-electron chi connectivity index (χ0n) is 18.5. The summed E-state index contributed by atoms with van der Waals surface area (Å²) in [5, 5.41) is 12.2. The second-order valence-corrected chi connectivity index (χ2v) is 7.87. The fourth-order valence-corrected chi connectivity index (χ4v) is 3.11. The number of benzene rings is 2. The highest BCUT2D eigenvalue weighted by Crippen LogP contribution is 2.16. The first-order valence-electron chi connectivity index (χ1n) is 10.3. The van der Waals surface area contributed by atoms with Gasteiger partial charge in [0.15, 0.2) is 11.7 Å². The minimum Gasteiger partial charge on any atom is -0.493 e. The largest absolute Gasteiger partial charge is 0.493 e. The van der Waals surface area contributed by atoms with E-state index in [4.69, 9.17) is 28.9 Å². The topological polar surface area (TPSA) is 168 Å². The van der Waals surface area contributed by atoms with Gasteiger partial charge in [-0.2, -0.15) is 9.50 Å². The number of nitrogens with zero attached hydrogens (tertiary/aromatic N) is 5. The molecular formula is C23H19Cl2N7O4. The summed E-state index contributed by atoms with van der Waals surface area (Å²) < 4.78 is 1.18. The Labute approximate surface area is 214 Å². The summed E-state index contributed by atoms with van der Waals surface area (Å²) >= 11 is 9.46. The number of carbonyl (C=O) groups excluding carboxylic acids is 2. The van der Waals surface area contributed by atoms with Gasteiger partial charge in [0.1, 0.15) is 5.84 Å². The van der Waals surface area contributed by atoms with Gasteiger partial charge in [-0.1, -0.05) is 60.7 Å². The Bertz CT molecular complexity index is 1470. The summed E-state index contributed by atoms with van der Waals surface area (Å²) in [6.07, 6.45) is -0.386. The second kappa shape index (κ2) is 12.4. The fraction of sp³-hybridized carbons (Fsp3) is 0.0870. The molecule has 13 heteroatoms. The predicted molar refractivity (Wildman–Crippen MR) is 137 cm³/mol. The molecule has 0 spiro atoms. The molecule has 5 rings (SSSR count). The van der Waals surface area contributed by atoms with Crippen molar-refractivity contribution < 1.29 is 14.7 Å². The van der Waals surface area contributed by atoms with Crippen LogP contribution in [-0.4, -0.2) is 53.4 Å². The van der Waals surface area contributed by atoms with Gasteiger partial charge in [-0.25, -0.2) is 4.99 Å². The van der Waals surface area contributed by atoms with E-state index in [9.17, 15) is 19.5 Å². The SMILES string of the molecule is NC1=NC(c2ccccc2)=NC1.O=C(Cl)CC(=O)Cl.O=c1cc(O)n2nc(-c3ccccc3)nc2[nH]1. The molecule has 2 aromatic heterocycles. The molecule has 0 saturated carbocycles. The molecule has 0 aliphatic carbocycles. The Morgan fingerprint density at radius 2 is 1.58 bits per heavy atom. The van der Waals surface area contributed by atoms with E-state index in [0.717, 1.165) is 23.0 Å². The number of aromatic nitrogens is 4. The summed E-state index contributed by atoms with van der Waals surface area (Å²) in [6, 6.07) is 20.2. The standard InChI is InChI=1S/C11H8N4O2.C9H9N3.C3H2Cl2O2/c16-8-6-9(17)15-11(12-8)13-10(14-15)7-4-2-1-3-5-7;10-8-6-11-9(12-8)7-4-2-1-3-5-7;4-2(6)1-3(5)7/h1-6,17H,(H,12,13,14,16);1-5H,6H2,(H2,10,11,12);1H2. The van der Waals surface area contributed by atoms with Gasteiger partial charge in [0, 0.05) is 11.1 Å². The first-order chi connectivity index (χ1) is 17.2. The number of nitrogens with two attached hydrogens (primary N) is 1. The first kappa shape index (κ1) is 26.3. The summed E-state index contributed by atoms with van der Waals surface area (Å²) in [6.45, 7) is 0.532. The molecule has 0 saturated heterocycles. The average Bonchev–Trinajstić information content (AvgIpc) is 3.47. The molecular weight excluding hydrogens is 509 g/mol. The molecule has 0 atom stereocenters. The molecule has 4 N–H and O–H groups in total. The van der Waals surface area contributed by atoms with Gasteiger partial charge in [-0.3, -0.25) is 24.4 Å². The quantitative estimate of drug-likeness (QED) is 0.270. The van der Waals surface area contributed by atoms with Gasteiger partial charge in [0.2, 0.25) is 22.1 Å².